The third-order valence-electron chi connectivity index (χ3n) is 3.07. The molecular weight excluding hydrogens is 320 g/mol. The van der Waals surface area contributed by atoms with Crippen LogP contribution in [0.1, 0.15) is 27.0 Å². The minimum atomic E-state index is -0.998. The van der Waals surface area contributed by atoms with Crippen molar-refractivity contribution in [2.24, 2.45) is 0 Å². The maximum atomic E-state index is 11.2. The Labute approximate surface area is 126 Å². The Hall–Kier alpha value is -1.81. The van der Waals surface area contributed by atoms with Crippen LogP contribution >= 0.6 is 15.9 Å². The predicted molar refractivity (Wildman–Crippen MR) is 81.3 cm³/mol. The number of aromatic carboxylic acids is 1. The molecule has 0 aromatic heterocycles. The van der Waals surface area contributed by atoms with Gasteiger partial charge in [-0.25, -0.2) is 4.79 Å². The first-order chi connectivity index (χ1) is 9.49. The second-order valence-electron chi connectivity index (χ2n) is 4.64. The van der Waals surface area contributed by atoms with Gasteiger partial charge in [-0.3, -0.25) is 0 Å². The van der Waals surface area contributed by atoms with E-state index in [-0.39, 0.29) is 5.56 Å². The molecule has 0 aliphatic heterocycles. The van der Waals surface area contributed by atoms with Crippen molar-refractivity contribution in [1.29, 1.82) is 0 Å². The van der Waals surface area contributed by atoms with Crippen LogP contribution in [0.5, 0.6) is 5.75 Å². The number of hydrogen-bond acceptors (Lipinski definition) is 2. The lowest BCUT2D eigenvalue weighted by molar-refractivity contribution is 0.0691. The highest BCUT2D eigenvalue weighted by molar-refractivity contribution is 9.10. The van der Waals surface area contributed by atoms with Gasteiger partial charge >= 0.3 is 5.97 Å². The van der Waals surface area contributed by atoms with E-state index in [1.54, 1.807) is 12.1 Å². The van der Waals surface area contributed by atoms with Crippen LogP contribution in [0.15, 0.2) is 40.9 Å². The summed E-state index contributed by atoms with van der Waals surface area (Å²) in [6.45, 7) is 4.37. The van der Waals surface area contributed by atoms with Gasteiger partial charge in [-0.2, -0.15) is 0 Å². The van der Waals surface area contributed by atoms with E-state index in [1.807, 2.05) is 32.0 Å². The van der Waals surface area contributed by atoms with Gasteiger partial charge in [0.15, 0.2) is 0 Å². The Morgan fingerprint density at radius 2 is 2.00 bits per heavy atom. The van der Waals surface area contributed by atoms with Crippen molar-refractivity contribution in [1.82, 2.24) is 0 Å². The minimum absolute atomic E-state index is 0.157. The zero-order valence-electron chi connectivity index (χ0n) is 11.3. The van der Waals surface area contributed by atoms with E-state index in [1.165, 1.54) is 6.07 Å². The molecule has 2 aromatic carbocycles. The van der Waals surface area contributed by atoms with Gasteiger partial charge in [0.05, 0.1) is 4.47 Å². The lowest BCUT2D eigenvalue weighted by Crippen LogP contribution is -2.05. The number of aryl methyl sites for hydroxylation is 2. The van der Waals surface area contributed by atoms with E-state index in [4.69, 9.17) is 4.74 Å². The fraction of sp³-hybridized carbons (Fsp3) is 0.188. The van der Waals surface area contributed by atoms with Crippen LogP contribution in [0.25, 0.3) is 0 Å². The number of ether oxygens (including phenoxy) is 1. The molecule has 0 aliphatic rings. The molecule has 2 rings (SSSR count). The predicted octanol–water partition coefficient (Wildman–Crippen LogP) is 4.34. The van der Waals surface area contributed by atoms with Crippen molar-refractivity contribution in [3.8, 4) is 5.75 Å². The lowest BCUT2D eigenvalue weighted by Gasteiger charge is -2.13. The zero-order valence-corrected chi connectivity index (χ0v) is 12.9. The Morgan fingerprint density at radius 3 is 2.70 bits per heavy atom. The number of carbonyl (C=O) groups is 1. The lowest BCUT2D eigenvalue weighted by atomic mass is 10.1. The highest BCUT2D eigenvalue weighted by atomic mass is 79.9. The molecule has 0 amide bonds. The molecule has 0 fully saturated rings. The van der Waals surface area contributed by atoms with E-state index < -0.39 is 5.97 Å². The van der Waals surface area contributed by atoms with Crippen molar-refractivity contribution in [2.75, 3.05) is 0 Å². The first-order valence-corrected chi connectivity index (χ1v) is 6.99. The van der Waals surface area contributed by atoms with E-state index in [0.717, 1.165) is 16.7 Å². The number of hydrogen-bond donors (Lipinski definition) is 1. The molecule has 104 valence electrons. The molecule has 0 atom stereocenters. The molecular formula is C16H15BrO3. The number of para-hydroxylation sites is 1. The van der Waals surface area contributed by atoms with Crippen molar-refractivity contribution >= 4 is 21.9 Å². The zero-order chi connectivity index (χ0) is 14.7. The van der Waals surface area contributed by atoms with Crippen LogP contribution in [0.2, 0.25) is 0 Å². The van der Waals surface area contributed by atoms with Crippen molar-refractivity contribution < 1.29 is 14.6 Å². The van der Waals surface area contributed by atoms with E-state index >= 15 is 0 Å². The van der Waals surface area contributed by atoms with Crippen LogP contribution in [-0.4, -0.2) is 11.1 Å². The van der Waals surface area contributed by atoms with Crippen LogP contribution in [0, 0.1) is 13.8 Å². The molecule has 1 N–H and O–H groups in total. The van der Waals surface area contributed by atoms with Gasteiger partial charge in [-0.05, 0) is 53.0 Å². The molecule has 0 saturated heterocycles. The third kappa shape index (κ3) is 3.20. The Kier molecular flexibility index (Phi) is 4.45. The number of rotatable bonds is 4. The van der Waals surface area contributed by atoms with Gasteiger partial charge in [-0.15, -0.1) is 0 Å². The normalized spacial score (nSPS) is 10.3. The summed E-state index contributed by atoms with van der Waals surface area (Å²) in [5, 5.41) is 9.19. The summed E-state index contributed by atoms with van der Waals surface area (Å²) in [6, 6.07) is 11.1. The van der Waals surface area contributed by atoms with Gasteiger partial charge in [0.2, 0.25) is 0 Å². The molecule has 0 aliphatic carbocycles. The summed E-state index contributed by atoms with van der Waals surface area (Å²) in [4.78, 5) is 11.2. The minimum Gasteiger partial charge on any atom is -0.487 e. The Morgan fingerprint density at radius 1 is 1.25 bits per heavy atom. The Balaban J connectivity index is 2.27. The highest BCUT2D eigenvalue weighted by Crippen LogP contribution is 2.30. The molecule has 0 unspecified atom stereocenters. The quantitative estimate of drug-likeness (QED) is 0.904. The average Bonchev–Trinajstić information content (AvgIpc) is 2.40. The first kappa shape index (κ1) is 14.6. The average molecular weight is 335 g/mol. The number of halogens is 1. The van der Waals surface area contributed by atoms with E-state index in [2.05, 4.69) is 15.9 Å². The summed E-state index contributed by atoms with van der Waals surface area (Å²) in [6.07, 6.45) is 0. The van der Waals surface area contributed by atoms with E-state index in [9.17, 15) is 9.90 Å². The van der Waals surface area contributed by atoms with Crippen molar-refractivity contribution in [2.45, 2.75) is 20.5 Å². The fourth-order valence-electron chi connectivity index (χ4n) is 1.93. The Bertz CT molecular complexity index is 650. The standard InChI is InChI=1S/C16H15BrO3/c1-10-6-7-11(2)12(8-10)9-20-15-13(16(18)19)4-3-5-14(15)17/h3-8H,9H2,1-2H3,(H,18,19). The van der Waals surface area contributed by atoms with E-state index in [0.29, 0.717) is 16.8 Å². The molecule has 4 heteroatoms. The molecule has 0 heterocycles. The topological polar surface area (TPSA) is 46.5 Å². The van der Waals surface area contributed by atoms with Gasteiger partial charge in [-0.1, -0.05) is 29.8 Å². The molecule has 20 heavy (non-hydrogen) atoms. The molecule has 0 spiro atoms. The third-order valence-corrected chi connectivity index (χ3v) is 3.70. The molecule has 0 saturated carbocycles. The maximum absolute atomic E-state index is 11.2. The SMILES string of the molecule is Cc1ccc(C)c(COc2c(Br)cccc2C(=O)O)c1. The summed E-state index contributed by atoms with van der Waals surface area (Å²) >= 11 is 3.33. The molecule has 2 aromatic rings. The van der Waals surface area contributed by atoms with Crippen molar-refractivity contribution in [3.63, 3.8) is 0 Å². The largest absolute Gasteiger partial charge is 0.487 e. The van der Waals surface area contributed by atoms with Crippen LogP contribution in [-0.2, 0) is 6.61 Å². The summed E-state index contributed by atoms with van der Waals surface area (Å²) in [5.74, 6) is -0.636. The van der Waals surface area contributed by atoms with Crippen LogP contribution in [0.3, 0.4) is 0 Å². The fourth-order valence-corrected chi connectivity index (χ4v) is 2.41. The number of carboxylic acids is 1. The monoisotopic (exact) mass is 334 g/mol. The van der Waals surface area contributed by atoms with Crippen LogP contribution < -0.4 is 4.74 Å². The van der Waals surface area contributed by atoms with Gasteiger partial charge in [0.1, 0.15) is 17.9 Å². The summed E-state index contributed by atoms with van der Waals surface area (Å²) < 4.78 is 6.36. The molecule has 0 radical (unpaired) electrons. The van der Waals surface area contributed by atoms with Gasteiger partial charge < -0.3 is 9.84 Å². The summed E-state index contributed by atoms with van der Waals surface area (Å²) in [7, 11) is 0. The summed E-state index contributed by atoms with van der Waals surface area (Å²) in [5.41, 5.74) is 3.49. The van der Waals surface area contributed by atoms with Gasteiger partial charge in [0.25, 0.3) is 0 Å². The smallest absolute Gasteiger partial charge is 0.339 e. The second-order valence-corrected chi connectivity index (χ2v) is 5.49. The molecule has 0 bridgehead atoms. The molecule has 3 nitrogen and oxygen atoms in total. The number of carboxylic acid groups (broad SMARTS) is 1. The van der Waals surface area contributed by atoms with Gasteiger partial charge in [0, 0.05) is 0 Å². The number of benzene rings is 2. The second kappa shape index (κ2) is 6.09. The van der Waals surface area contributed by atoms with Crippen molar-refractivity contribution in [3.05, 3.63) is 63.1 Å². The highest BCUT2D eigenvalue weighted by Gasteiger charge is 2.14. The first-order valence-electron chi connectivity index (χ1n) is 6.20. The maximum Gasteiger partial charge on any atom is 0.339 e. The van der Waals surface area contributed by atoms with Crippen LogP contribution in [0.4, 0.5) is 0 Å².